The Morgan fingerprint density at radius 1 is 0.636 bits per heavy atom. The topological polar surface area (TPSA) is 20.2 Å². The monoisotopic (exact) mass is 310 g/mol. The van der Waals surface area contributed by atoms with E-state index < -0.39 is 0 Å². The van der Waals surface area contributed by atoms with Crippen molar-refractivity contribution >= 4 is 0 Å². The van der Waals surface area contributed by atoms with Crippen molar-refractivity contribution in [1.29, 1.82) is 0 Å². The van der Waals surface area contributed by atoms with E-state index in [-0.39, 0.29) is 6.10 Å². The van der Waals surface area contributed by atoms with Crippen LogP contribution in [0.3, 0.4) is 0 Å². The molecule has 0 aromatic carbocycles. The maximum absolute atomic E-state index is 9.94. The van der Waals surface area contributed by atoms with Gasteiger partial charge in [0.15, 0.2) is 0 Å². The van der Waals surface area contributed by atoms with Crippen molar-refractivity contribution in [1.82, 2.24) is 0 Å². The second-order valence-corrected chi connectivity index (χ2v) is 6.83. The Labute approximate surface area is 140 Å². The summed E-state index contributed by atoms with van der Waals surface area (Å²) < 4.78 is 0. The van der Waals surface area contributed by atoms with Gasteiger partial charge >= 0.3 is 0 Å². The van der Waals surface area contributed by atoms with Gasteiger partial charge in [-0.25, -0.2) is 0 Å². The maximum Gasteiger partial charge on any atom is 0.0574 e. The van der Waals surface area contributed by atoms with E-state index in [1.165, 1.54) is 89.9 Å². The number of allylic oxidation sites excluding steroid dienone is 1. The molecule has 1 atom stereocenters. The zero-order valence-electron chi connectivity index (χ0n) is 15.5. The standard InChI is InChI=1S/C21H42O/c1-3-5-7-9-11-12-14-16-18-20-21(22)19-17-15-13-10-8-6-4-2/h15,17,21-22H,3-14,16,18-20H2,1-2H3/b17-15+/t21-/m1/s1. The Hall–Kier alpha value is -0.300. The van der Waals surface area contributed by atoms with Gasteiger partial charge in [-0.1, -0.05) is 103 Å². The molecule has 1 N–H and O–H groups in total. The molecule has 0 aliphatic rings. The largest absolute Gasteiger partial charge is 0.393 e. The fourth-order valence-electron chi connectivity index (χ4n) is 2.87. The number of unbranched alkanes of at least 4 members (excludes halogenated alkanes) is 12. The minimum Gasteiger partial charge on any atom is -0.393 e. The van der Waals surface area contributed by atoms with Gasteiger partial charge in [-0.2, -0.15) is 0 Å². The van der Waals surface area contributed by atoms with Gasteiger partial charge in [0.2, 0.25) is 0 Å². The predicted molar refractivity (Wildman–Crippen MR) is 100 cm³/mol. The molecule has 0 radical (unpaired) electrons. The third kappa shape index (κ3) is 17.8. The number of hydrogen-bond donors (Lipinski definition) is 1. The van der Waals surface area contributed by atoms with E-state index in [0.717, 1.165) is 12.8 Å². The Balaban J connectivity index is 3.21. The molecule has 0 saturated carbocycles. The molecule has 0 aliphatic carbocycles. The van der Waals surface area contributed by atoms with E-state index in [0.29, 0.717) is 0 Å². The van der Waals surface area contributed by atoms with E-state index in [9.17, 15) is 5.11 Å². The van der Waals surface area contributed by atoms with Crippen LogP contribution >= 0.6 is 0 Å². The summed E-state index contributed by atoms with van der Waals surface area (Å²) in [5, 5.41) is 9.94. The summed E-state index contributed by atoms with van der Waals surface area (Å²) in [5.41, 5.74) is 0. The molecule has 1 nitrogen and oxygen atoms in total. The summed E-state index contributed by atoms with van der Waals surface area (Å²) in [6.07, 6.45) is 24.9. The number of hydrogen-bond acceptors (Lipinski definition) is 1. The van der Waals surface area contributed by atoms with Crippen LogP contribution in [0.4, 0.5) is 0 Å². The van der Waals surface area contributed by atoms with Crippen molar-refractivity contribution in [3.8, 4) is 0 Å². The van der Waals surface area contributed by atoms with Crippen LogP contribution in [0.1, 0.15) is 117 Å². The van der Waals surface area contributed by atoms with Gasteiger partial charge in [0.1, 0.15) is 0 Å². The van der Waals surface area contributed by atoms with Gasteiger partial charge in [0.25, 0.3) is 0 Å². The number of rotatable bonds is 17. The first kappa shape index (κ1) is 21.7. The molecule has 1 heteroatoms. The van der Waals surface area contributed by atoms with Crippen molar-refractivity contribution in [2.45, 2.75) is 123 Å². The molecular weight excluding hydrogens is 268 g/mol. The van der Waals surface area contributed by atoms with Crippen molar-refractivity contribution in [2.75, 3.05) is 0 Å². The molecule has 0 saturated heterocycles. The fraction of sp³-hybridized carbons (Fsp3) is 0.905. The van der Waals surface area contributed by atoms with Gasteiger partial charge in [-0.15, -0.1) is 0 Å². The van der Waals surface area contributed by atoms with E-state index in [2.05, 4.69) is 26.0 Å². The molecule has 0 fully saturated rings. The predicted octanol–water partition coefficient (Wildman–Crippen LogP) is 7.18. The van der Waals surface area contributed by atoms with Crippen LogP contribution in [-0.2, 0) is 0 Å². The average molecular weight is 311 g/mol. The van der Waals surface area contributed by atoms with Gasteiger partial charge in [-0.3, -0.25) is 0 Å². The van der Waals surface area contributed by atoms with Gasteiger partial charge in [0, 0.05) is 0 Å². The average Bonchev–Trinajstić information content (AvgIpc) is 2.52. The van der Waals surface area contributed by atoms with Crippen molar-refractivity contribution < 1.29 is 5.11 Å². The molecular formula is C21H42O. The van der Waals surface area contributed by atoms with Crippen molar-refractivity contribution in [3.63, 3.8) is 0 Å². The van der Waals surface area contributed by atoms with Crippen molar-refractivity contribution in [3.05, 3.63) is 12.2 Å². The Morgan fingerprint density at radius 3 is 1.73 bits per heavy atom. The third-order valence-corrected chi connectivity index (χ3v) is 4.44. The maximum atomic E-state index is 9.94. The SMILES string of the molecule is CCCCCC/C=C/C[C@@H](O)CCCCCCCCCCC. The molecule has 0 aliphatic heterocycles. The lowest BCUT2D eigenvalue weighted by Gasteiger charge is -2.07. The molecule has 0 unspecified atom stereocenters. The van der Waals surface area contributed by atoms with Crippen LogP contribution in [0.15, 0.2) is 12.2 Å². The van der Waals surface area contributed by atoms with E-state index >= 15 is 0 Å². The third-order valence-electron chi connectivity index (χ3n) is 4.44. The molecule has 0 heterocycles. The summed E-state index contributed by atoms with van der Waals surface area (Å²) in [5.74, 6) is 0. The van der Waals surface area contributed by atoms with Gasteiger partial charge in [0.05, 0.1) is 6.10 Å². The summed E-state index contributed by atoms with van der Waals surface area (Å²) in [7, 11) is 0. The second kappa shape index (κ2) is 18.7. The lowest BCUT2D eigenvalue weighted by molar-refractivity contribution is 0.163. The molecule has 0 amide bonds. The van der Waals surface area contributed by atoms with Crippen LogP contribution in [0, 0.1) is 0 Å². The van der Waals surface area contributed by atoms with Crippen LogP contribution in [-0.4, -0.2) is 11.2 Å². The number of aliphatic hydroxyl groups excluding tert-OH is 1. The fourth-order valence-corrected chi connectivity index (χ4v) is 2.87. The lowest BCUT2D eigenvalue weighted by atomic mass is 10.0. The smallest absolute Gasteiger partial charge is 0.0574 e. The zero-order valence-corrected chi connectivity index (χ0v) is 15.5. The van der Waals surface area contributed by atoms with Crippen LogP contribution in [0.2, 0.25) is 0 Å². The van der Waals surface area contributed by atoms with Crippen LogP contribution in [0.25, 0.3) is 0 Å². The first-order valence-corrected chi connectivity index (χ1v) is 10.1. The summed E-state index contributed by atoms with van der Waals surface area (Å²) >= 11 is 0. The van der Waals surface area contributed by atoms with E-state index in [1.54, 1.807) is 0 Å². The summed E-state index contributed by atoms with van der Waals surface area (Å²) in [6, 6.07) is 0. The highest BCUT2D eigenvalue weighted by Gasteiger charge is 2.01. The molecule has 0 aromatic heterocycles. The molecule has 0 bridgehead atoms. The Morgan fingerprint density at radius 2 is 1.14 bits per heavy atom. The highest BCUT2D eigenvalue weighted by Crippen LogP contribution is 2.12. The second-order valence-electron chi connectivity index (χ2n) is 6.83. The number of aliphatic hydroxyl groups is 1. The molecule has 0 aromatic rings. The highest BCUT2D eigenvalue weighted by atomic mass is 16.3. The Bertz CT molecular complexity index is 222. The van der Waals surface area contributed by atoms with Gasteiger partial charge in [-0.05, 0) is 25.7 Å². The van der Waals surface area contributed by atoms with Crippen molar-refractivity contribution in [2.24, 2.45) is 0 Å². The lowest BCUT2D eigenvalue weighted by Crippen LogP contribution is -2.04. The highest BCUT2D eigenvalue weighted by molar-refractivity contribution is 4.83. The summed E-state index contributed by atoms with van der Waals surface area (Å²) in [4.78, 5) is 0. The first-order valence-electron chi connectivity index (χ1n) is 10.1. The van der Waals surface area contributed by atoms with E-state index in [1.807, 2.05) is 0 Å². The van der Waals surface area contributed by atoms with Crippen LogP contribution < -0.4 is 0 Å². The minimum atomic E-state index is -0.114. The zero-order chi connectivity index (χ0) is 16.3. The van der Waals surface area contributed by atoms with E-state index in [4.69, 9.17) is 0 Å². The van der Waals surface area contributed by atoms with Gasteiger partial charge < -0.3 is 5.11 Å². The quantitative estimate of drug-likeness (QED) is 0.223. The van der Waals surface area contributed by atoms with Crippen LogP contribution in [0.5, 0.6) is 0 Å². The summed E-state index contributed by atoms with van der Waals surface area (Å²) in [6.45, 7) is 4.52. The first-order chi connectivity index (χ1) is 10.8. The molecule has 0 rings (SSSR count). The molecule has 0 spiro atoms. The minimum absolute atomic E-state index is 0.114. The molecule has 132 valence electrons. The normalized spacial score (nSPS) is 13.0. The molecule has 22 heavy (non-hydrogen) atoms. The Kier molecular flexibility index (Phi) is 18.5.